The number of methoxy groups -OCH3 is 1. The Morgan fingerprint density at radius 1 is 1.23 bits per heavy atom. The summed E-state index contributed by atoms with van der Waals surface area (Å²) in [6, 6.07) is 6.33. The number of nitrogens with zero attached hydrogens (tertiary/aromatic N) is 4. The minimum Gasteiger partial charge on any atom is -0.494 e. The molecule has 1 saturated heterocycles. The highest BCUT2D eigenvalue weighted by atomic mass is 19.1. The van der Waals surface area contributed by atoms with E-state index in [4.69, 9.17) is 15.3 Å². The molecule has 2 heterocycles. The van der Waals surface area contributed by atoms with Gasteiger partial charge in [-0.2, -0.15) is 0 Å². The van der Waals surface area contributed by atoms with Crippen molar-refractivity contribution in [3.8, 4) is 5.75 Å². The number of anilines is 4. The first-order valence-corrected chi connectivity index (χ1v) is 12.7. The number of hydroxylamine groups is 1. The average molecular weight is 554 g/mol. The van der Waals surface area contributed by atoms with Crippen molar-refractivity contribution in [1.29, 1.82) is 0 Å². The molecule has 12 heteroatoms. The van der Waals surface area contributed by atoms with Crippen molar-refractivity contribution < 1.29 is 23.1 Å². The van der Waals surface area contributed by atoms with Gasteiger partial charge in [0.15, 0.2) is 5.82 Å². The maximum absolute atomic E-state index is 13.9. The van der Waals surface area contributed by atoms with Gasteiger partial charge in [-0.05, 0) is 44.3 Å². The van der Waals surface area contributed by atoms with Gasteiger partial charge in [-0.3, -0.25) is 9.63 Å². The van der Waals surface area contributed by atoms with Gasteiger partial charge in [-0.15, -0.1) is 0 Å². The minimum absolute atomic E-state index is 0.139. The Bertz CT molecular complexity index is 1400. The fourth-order valence-electron chi connectivity index (χ4n) is 4.72. The third kappa shape index (κ3) is 6.13. The minimum atomic E-state index is -0.664. The lowest BCUT2D eigenvalue weighted by molar-refractivity contribution is -0.112. The summed E-state index contributed by atoms with van der Waals surface area (Å²) in [5.74, 6) is -0.635. The van der Waals surface area contributed by atoms with E-state index in [1.165, 1.54) is 23.5 Å². The summed E-state index contributed by atoms with van der Waals surface area (Å²) in [6.45, 7) is 4.95. The first kappa shape index (κ1) is 28.7. The van der Waals surface area contributed by atoms with Gasteiger partial charge in [0.1, 0.15) is 29.5 Å². The van der Waals surface area contributed by atoms with Gasteiger partial charge in [0.2, 0.25) is 5.91 Å². The number of amides is 1. The van der Waals surface area contributed by atoms with E-state index in [-0.39, 0.29) is 5.57 Å². The molecule has 1 aliphatic rings. The van der Waals surface area contributed by atoms with Crippen LogP contribution < -0.4 is 26.2 Å². The lowest BCUT2D eigenvalue weighted by atomic mass is 9.96. The molecule has 0 spiro atoms. The van der Waals surface area contributed by atoms with E-state index in [1.54, 1.807) is 26.3 Å². The van der Waals surface area contributed by atoms with Crippen molar-refractivity contribution >= 4 is 34.5 Å². The Labute approximate surface area is 231 Å². The van der Waals surface area contributed by atoms with E-state index in [0.717, 1.165) is 11.6 Å². The van der Waals surface area contributed by atoms with Gasteiger partial charge in [0.05, 0.1) is 25.4 Å². The number of halogens is 2. The molecule has 0 bridgehead atoms. The second-order valence-electron chi connectivity index (χ2n) is 9.56. The molecule has 3 aromatic rings. The van der Waals surface area contributed by atoms with Crippen LogP contribution in [-0.2, 0) is 16.1 Å². The molecule has 1 amide bonds. The Morgan fingerprint density at radius 2 is 1.95 bits per heavy atom. The number of carbonyl (C=O) groups excluding carboxylic acids is 1. The van der Waals surface area contributed by atoms with Crippen LogP contribution >= 0.6 is 0 Å². The third-order valence-corrected chi connectivity index (χ3v) is 6.58. The molecule has 212 valence electrons. The van der Waals surface area contributed by atoms with Crippen LogP contribution in [0.2, 0.25) is 0 Å². The lowest BCUT2D eigenvalue weighted by Crippen LogP contribution is -2.22. The Balaban J connectivity index is 1.74. The molecule has 4 N–H and O–H groups in total. The van der Waals surface area contributed by atoms with Crippen molar-refractivity contribution in [3.63, 3.8) is 0 Å². The van der Waals surface area contributed by atoms with Crippen LogP contribution in [0.4, 0.5) is 31.8 Å². The molecule has 1 aliphatic heterocycles. The van der Waals surface area contributed by atoms with Crippen molar-refractivity contribution in [2.75, 3.05) is 57.1 Å². The molecule has 1 atom stereocenters. The number of nitrogens with two attached hydrogens (primary N) is 1. The normalized spacial score (nSPS) is 14.9. The zero-order valence-electron chi connectivity index (χ0n) is 22.9. The second-order valence-corrected chi connectivity index (χ2v) is 9.56. The predicted octanol–water partition coefficient (Wildman–Crippen LogP) is 4.03. The highest BCUT2D eigenvalue weighted by molar-refractivity contribution is 6.20. The first-order chi connectivity index (χ1) is 19.1. The van der Waals surface area contributed by atoms with Crippen LogP contribution in [0, 0.1) is 11.6 Å². The summed E-state index contributed by atoms with van der Waals surface area (Å²) < 4.78 is 33.7. The van der Waals surface area contributed by atoms with Crippen LogP contribution in [0.5, 0.6) is 5.75 Å². The van der Waals surface area contributed by atoms with E-state index in [9.17, 15) is 13.6 Å². The van der Waals surface area contributed by atoms with Gasteiger partial charge < -0.3 is 26.0 Å². The smallest absolute Gasteiger partial charge is 0.248 e. The molecule has 0 unspecified atom stereocenters. The fourth-order valence-corrected chi connectivity index (χ4v) is 4.72. The van der Waals surface area contributed by atoms with Crippen LogP contribution in [0.3, 0.4) is 0 Å². The summed E-state index contributed by atoms with van der Waals surface area (Å²) in [7, 11) is 7.25. The number of aromatic nitrogens is 2. The van der Waals surface area contributed by atoms with Crippen LogP contribution in [0.25, 0.3) is 5.57 Å². The highest BCUT2D eigenvalue weighted by Crippen LogP contribution is 2.42. The number of ether oxygens (including phenoxy) is 1. The number of nitrogens with one attached hydrogen (secondary N) is 2. The Hall–Kier alpha value is -4.29. The maximum Gasteiger partial charge on any atom is 0.248 e. The molecule has 0 aliphatic carbocycles. The number of rotatable bonds is 11. The lowest BCUT2D eigenvalue weighted by Gasteiger charge is -2.25. The van der Waals surface area contributed by atoms with Crippen LogP contribution in [-0.4, -0.2) is 62.2 Å². The van der Waals surface area contributed by atoms with E-state index < -0.39 is 23.6 Å². The molecule has 1 aromatic heterocycles. The molecule has 0 saturated carbocycles. The third-order valence-electron chi connectivity index (χ3n) is 6.58. The van der Waals surface area contributed by atoms with Gasteiger partial charge in [0.25, 0.3) is 0 Å². The van der Waals surface area contributed by atoms with Gasteiger partial charge in [-0.25, -0.2) is 23.8 Å². The number of carbonyl (C=O) groups is 1. The van der Waals surface area contributed by atoms with Gasteiger partial charge >= 0.3 is 0 Å². The maximum atomic E-state index is 13.9. The second kappa shape index (κ2) is 12.3. The summed E-state index contributed by atoms with van der Waals surface area (Å²) in [5.41, 5.74) is 8.74. The quantitative estimate of drug-likeness (QED) is 0.303. The summed E-state index contributed by atoms with van der Waals surface area (Å²) in [5, 5.41) is 7.95. The topological polar surface area (TPSA) is 118 Å². The number of primary amides is 1. The van der Waals surface area contributed by atoms with Crippen LogP contribution in [0.1, 0.15) is 29.2 Å². The molecular formula is C28H33F2N7O3. The van der Waals surface area contributed by atoms with E-state index in [1.807, 2.05) is 19.0 Å². The molecule has 10 nitrogen and oxygen atoms in total. The van der Waals surface area contributed by atoms with Crippen molar-refractivity contribution in [1.82, 2.24) is 14.9 Å². The monoisotopic (exact) mass is 553 g/mol. The molecule has 4 rings (SSSR count). The van der Waals surface area contributed by atoms with Crippen LogP contribution in [0.15, 0.2) is 43.2 Å². The van der Waals surface area contributed by atoms with E-state index >= 15 is 0 Å². The number of benzene rings is 2. The van der Waals surface area contributed by atoms with E-state index in [2.05, 4.69) is 27.2 Å². The summed E-state index contributed by atoms with van der Waals surface area (Å²) >= 11 is 0. The molecule has 0 radical (unpaired) electrons. The molecule has 2 aromatic carbocycles. The predicted molar refractivity (Wildman–Crippen MR) is 150 cm³/mol. The average Bonchev–Trinajstić information content (AvgIpc) is 3.41. The summed E-state index contributed by atoms with van der Waals surface area (Å²) in [4.78, 5) is 28.6. The zero-order chi connectivity index (χ0) is 29.0. The zero-order valence-corrected chi connectivity index (χ0v) is 22.9. The molecular weight excluding hydrogens is 520 g/mol. The number of hydrogen-bond acceptors (Lipinski definition) is 9. The largest absolute Gasteiger partial charge is 0.494 e. The van der Waals surface area contributed by atoms with E-state index in [0.29, 0.717) is 65.9 Å². The SMILES string of the molecule is C=C(C(N)=O)c1cc(Nc2cc(N3OCC[C@@H]3c3cc(F)cc(F)c3)ncn2)c(OC)c(CCN(C)C)c1NC. The highest BCUT2D eigenvalue weighted by Gasteiger charge is 2.30. The number of likely N-dealkylation sites (N-methyl/N-ethyl adjacent to an activating group) is 1. The van der Waals surface area contributed by atoms with Crippen molar-refractivity contribution in [2.24, 2.45) is 5.73 Å². The van der Waals surface area contributed by atoms with Crippen molar-refractivity contribution in [2.45, 2.75) is 18.9 Å². The summed E-state index contributed by atoms with van der Waals surface area (Å²) in [6.07, 6.45) is 2.47. The Morgan fingerprint density at radius 3 is 2.58 bits per heavy atom. The van der Waals surface area contributed by atoms with Crippen molar-refractivity contribution in [3.05, 3.63) is 71.6 Å². The Kier molecular flexibility index (Phi) is 8.80. The molecule has 40 heavy (non-hydrogen) atoms. The van der Waals surface area contributed by atoms with Gasteiger partial charge in [0, 0.05) is 54.5 Å². The van der Waals surface area contributed by atoms with Gasteiger partial charge in [-0.1, -0.05) is 6.58 Å². The fraction of sp³-hybridized carbons (Fsp3) is 0.321. The molecule has 1 fully saturated rings. The standard InChI is InChI=1S/C28H33F2N7O3/c1-16(28(31)38)21-13-22(27(39-5)20(26(21)32-2)6-8-36(3)4)35-24-14-25(34-15-33-24)37-23(7-9-40-37)17-10-18(29)12-19(30)11-17/h10-15,23,32H,1,6-9H2,2-5H3,(H2,31,38)(H,33,34,35)/t23-/m1/s1. The number of hydrogen-bond donors (Lipinski definition) is 3. The first-order valence-electron chi connectivity index (χ1n) is 12.7.